The molecule has 20 heavy (non-hydrogen) atoms. The third-order valence-electron chi connectivity index (χ3n) is 3.96. The molecule has 2 rings (SSSR count). The van der Waals surface area contributed by atoms with Crippen molar-refractivity contribution in [3.8, 4) is 0 Å². The molecule has 0 bridgehead atoms. The molecular formula is C15H26BrN3O. The zero-order valence-corrected chi connectivity index (χ0v) is 14.4. The molecule has 0 amide bonds. The summed E-state index contributed by atoms with van der Waals surface area (Å²) < 4.78 is 9.06. The Balaban J connectivity index is 2.06. The molecule has 0 spiro atoms. The molecule has 1 aromatic rings. The van der Waals surface area contributed by atoms with Crippen molar-refractivity contribution in [3.63, 3.8) is 0 Å². The van der Waals surface area contributed by atoms with Crippen molar-refractivity contribution in [2.75, 3.05) is 13.2 Å². The van der Waals surface area contributed by atoms with Crippen molar-refractivity contribution in [1.29, 1.82) is 0 Å². The summed E-state index contributed by atoms with van der Waals surface area (Å²) in [5.41, 5.74) is 2.38. The minimum atomic E-state index is 0.428. The van der Waals surface area contributed by atoms with Gasteiger partial charge >= 0.3 is 0 Å². The van der Waals surface area contributed by atoms with Gasteiger partial charge in [-0.3, -0.25) is 4.68 Å². The van der Waals surface area contributed by atoms with Gasteiger partial charge in [-0.25, -0.2) is 0 Å². The largest absolute Gasteiger partial charge is 0.378 e. The van der Waals surface area contributed by atoms with Crippen molar-refractivity contribution in [2.24, 2.45) is 0 Å². The number of hydrogen-bond donors (Lipinski definition) is 1. The average Bonchev–Trinajstić information content (AvgIpc) is 3.02. The van der Waals surface area contributed by atoms with Crippen molar-refractivity contribution in [1.82, 2.24) is 15.1 Å². The molecule has 0 aliphatic carbocycles. The van der Waals surface area contributed by atoms with E-state index < -0.39 is 0 Å². The number of halogens is 1. The van der Waals surface area contributed by atoms with Crippen LogP contribution >= 0.6 is 15.9 Å². The number of rotatable bonds is 7. The Morgan fingerprint density at radius 3 is 2.90 bits per heavy atom. The fourth-order valence-corrected chi connectivity index (χ4v) is 3.42. The number of nitrogens with zero attached hydrogens (tertiary/aromatic N) is 2. The highest BCUT2D eigenvalue weighted by Crippen LogP contribution is 2.25. The van der Waals surface area contributed by atoms with E-state index in [9.17, 15) is 0 Å². The van der Waals surface area contributed by atoms with Crippen LogP contribution in [0.25, 0.3) is 0 Å². The Morgan fingerprint density at radius 2 is 2.30 bits per heavy atom. The van der Waals surface area contributed by atoms with Gasteiger partial charge in [0.15, 0.2) is 0 Å². The standard InChI is InChI=1S/C15H26BrN3O/c1-4-17-12(9-13-7-6-8-20-13)10-14-15(16)11(3)18-19(14)5-2/h12-13,17H,4-10H2,1-3H3. The molecule has 2 heterocycles. The molecule has 1 saturated heterocycles. The lowest BCUT2D eigenvalue weighted by molar-refractivity contribution is 0.0945. The van der Waals surface area contributed by atoms with E-state index in [1.807, 2.05) is 0 Å². The highest BCUT2D eigenvalue weighted by atomic mass is 79.9. The monoisotopic (exact) mass is 343 g/mol. The van der Waals surface area contributed by atoms with Gasteiger partial charge in [-0.1, -0.05) is 6.92 Å². The summed E-state index contributed by atoms with van der Waals surface area (Å²) in [7, 11) is 0. The quantitative estimate of drug-likeness (QED) is 0.826. The smallest absolute Gasteiger partial charge is 0.0738 e. The van der Waals surface area contributed by atoms with E-state index in [1.54, 1.807) is 0 Å². The van der Waals surface area contributed by atoms with Gasteiger partial charge in [-0.2, -0.15) is 5.10 Å². The van der Waals surface area contributed by atoms with Crippen LogP contribution in [-0.4, -0.2) is 35.1 Å². The van der Waals surface area contributed by atoms with E-state index in [-0.39, 0.29) is 0 Å². The molecule has 4 nitrogen and oxygen atoms in total. The average molecular weight is 344 g/mol. The number of nitrogens with one attached hydrogen (secondary N) is 1. The van der Waals surface area contributed by atoms with Crippen LogP contribution in [0.5, 0.6) is 0 Å². The van der Waals surface area contributed by atoms with E-state index in [0.29, 0.717) is 12.1 Å². The SMILES string of the molecule is CCNC(Cc1c(Br)c(C)nn1CC)CC1CCCO1. The summed E-state index contributed by atoms with van der Waals surface area (Å²) in [5, 5.41) is 8.19. The summed E-state index contributed by atoms with van der Waals surface area (Å²) in [6, 6.07) is 0.459. The van der Waals surface area contributed by atoms with Crippen LogP contribution in [0.15, 0.2) is 4.47 Å². The Labute approximate surface area is 130 Å². The molecule has 0 saturated carbocycles. The first kappa shape index (κ1) is 16.0. The fourth-order valence-electron chi connectivity index (χ4n) is 2.97. The maximum Gasteiger partial charge on any atom is 0.0738 e. The number of ether oxygens (including phenoxy) is 1. The predicted molar refractivity (Wildman–Crippen MR) is 85.1 cm³/mol. The minimum absolute atomic E-state index is 0.428. The molecule has 1 fully saturated rings. The number of aryl methyl sites for hydroxylation is 2. The molecule has 114 valence electrons. The Kier molecular flexibility index (Phi) is 6.05. The Bertz CT molecular complexity index is 427. The van der Waals surface area contributed by atoms with Crippen molar-refractivity contribution < 1.29 is 4.74 Å². The molecule has 1 aliphatic rings. The molecule has 2 atom stereocenters. The second kappa shape index (κ2) is 7.57. The van der Waals surface area contributed by atoms with Gasteiger partial charge in [0, 0.05) is 25.6 Å². The molecule has 5 heteroatoms. The molecule has 0 aromatic carbocycles. The molecule has 2 unspecified atom stereocenters. The van der Waals surface area contributed by atoms with Gasteiger partial charge in [0.25, 0.3) is 0 Å². The fraction of sp³-hybridized carbons (Fsp3) is 0.800. The van der Waals surface area contributed by atoms with Gasteiger partial charge in [0.2, 0.25) is 0 Å². The van der Waals surface area contributed by atoms with E-state index in [2.05, 4.69) is 51.8 Å². The zero-order valence-electron chi connectivity index (χ0n) is 12.8. The topological polar surface area (TPSA) is 39.1 Å². The van der Waals surface area contributed by atoms with Gasteiger partial charge < -0.3 is 10.1 Å². The van der Waals surface area contributed by atoms with Crippen LogP contribution in [0.2, 0.25) is 0 Å². The van der Waals surface area contributed by atoms with Crippen molar-refractivity contribution >= 4 is 15.9 Å². The van der Waals surface area contributed by atoms with E-state index in [1.165, 1.54) is 18.5 Å². The molecule has 1 N–H and O–H groups in total. The Hall–Kier alpha value is -0.390. The summed E-state index contributed by atoms with van der Waals surface area (Å²) >= 11 is 3.69. The van der Waals surface area contributed by atoms with Crippen LogP contribution in [0, 0.1) is 6.92 Å². The third-order valence-corrected chi connectivity index (χ3v) is 4.99. The lowest BCUT2D eigenvalue weighted by Gasteiger charge is -2.21. The van der Waals surface area contributed by atoms with Crippen LogP contribution in [-0.2, 0) is 17.7 Å². The van der Waals surface area contributed by atoms with Gasteiger partial charge in [-0.05, 0) is 55.6 Å². The second-order valence-corrected chi connectivity index (χ2v) is 6.28. The van der Waals surface area contributed by atoms with E-state index >= 15 is 0 Å². The predicted octanol–water partition coefficient (Wildman–Crippen LogP) is 3.06. The van der Waals surface area contributed by atoms with Crippen LogP contribution in [0.4, 0.5) is 0 Å². The maximum atomic E-state index is 5.79. The van der Waals surface area contributed by atoms with E-state index in [4.69, 9.17) is 4.74 Å². The lowest BCUT2D eigenvalue weighted by Crippen LogP contribution is -2.35. The van der Waals surface area contributed by atoms with Crippen molar-refractivity contribution in [3.05, 3.63) is 15.9 Å². The number of likely N-dealkylation sites (N-methyl/N-ethyl adjacent to an activating group) is 1. The summed E-state index contributed by atoms with van der Waals surface area (Å²) in [4.78, 5) is 0. The lowest BCUT2D eigenvalue weighted by atomic mass is 10.0. The third kappa shape index (κ3) is 3.83. The first-order valence-corrected chi connectivity index (χ1v) is 8.51. The highest BCUT2D eigenvalue weighted by Gasteiger charge is 2.23. The first-order valence-electron chi connectivity index (χ1n) is 7.72. The normalized spacial score (nSPS) is 20.5. The zero-order chi connectivity index (χ0) is 14.5. The Morgan fingerprint density at radius 1 is 1.50 bits per heavy atom. The number of aromatic nitrogens is 2. The van der Waals surface area contributed by atoms with E-state index in [0.717, 1.165) is 42.7 Å². The van der Waals surface area contributed by atoms with Crippen molar-refractivity contribution in [2.45, 2.75) is 65.1 Å². The molecular weight excluding hydrogens is 318 g/mol. The summed E-state index contributed by atoms with van der Waals surface area (Å²) in [6.07, 6.45) is 4.93. The molecule has 0 radical (unpaired) electrons. The summed E-state index contributed by atoms with van der Waals surface area (Å²) in [6.45, 7) is 9.21. The highest BCUT2D eigenvalue weighted by molar-refractivity contribution is 9.10. The second-order valence-electron chi connectivity index (χ2n) is 5.49. The van der Waals surface area contributed by atoms with Crippen LogP contribution < -0.4 is 5.32 Å². The van der Waals surface area contributed by atoms with Crippen LogP contribution in [0.3, 0.4) is 0 Å². The maximum absolute atomic E-state index is 5.79. The summed E-state index contributed by atoms with van der Waals surface area (Å²) in [5.74, 6) is 0. The van der Waals surface area contributed by atoms with Gasteiger partial charge in [0.05, 0.1) is 22.0 Å². The van der Waals surface area contributed by atoms with Crippen LogP contribution in [0.1, 0.15) is 44.5 Å². The molecule has 1 aliphatic heterocycles. The molecule has 1 aromatic heterocycles. The first-order chi connectivity index (χ1) is 9.65. The van der Waals surface area contributed by atoms with Gasteiger partial charge in [-0.15, -0.1) is 0 Å². The number of hydrogen-bond acceptors (Lipinski definition) is 3. The van der Waals surface area contributed by atoms with Gasteiger partial charge in [0.1, 0.15) is 0 Å². The minimum Gasteiger partial charge on any atom is -0.378 e.